The molecule has 0 aromatic heterocycles. The molecular formula is C16H34N2O2Si. The molecule has 0 spiro atoms. The van der Waals surface area contributed by atoms with Gasteiger partial charge in [-0.05, 0) is 25.4 Å². The van der Waals surface area contributed by atoms with E-state index < -0.39 is 14.2 Å². The van der Waals surface area contributed by atoms with Gasteiger partial charge in [-0.1, -0.05) is 51.7 Å². The molecule has 2 N–H and O–H groups in total. The first-order valence-electron chi connectivity index (χ1n) is 8.47. The molecule has 0 unspecified atom stereocenters. The normalized spacial score (nSPS) is 18.5. The number of carboxylic acid groups (broad SMARTS) is 1. The lowest BCUT2D eigenvalue weighted by atomic mass is 9.85. The van der Waals surface area contributed by atoms with Gasteiger partial charge in [0.05, 0.1) is 0 Å². The highest BCUT2D eigenvalue weighted by molar-refractivity contribution is 6.76. The van der Waals surface area contributed by atoms with Gasteiger partial charge in [-0.3, -0.25) is 0 Å². The summed E-state index contributed by atoms with van der Waals surface area (Å²) in [6, 6.07) is 1.34. The summed E-state index contributed by atoms with van der Waals surface area (Å²) >= 11 is 0. The molecule has 0 aromatic rings. The van der Waals surface area contributed by atoms with Crippen molar-refractivity contribution < 1.29 is 9.90 Å². The Bertz CT molecular complexity index is 312. The standard InChI is InChI=1S/C16H34N2O2Si/c1-17-15(12-14-8-6-5-7-9-14)13-18(16(19)20)10-11-21(2,3)4/h14-15,17H,5-13H2,1-4H3,(H,19,20)/t15-/m0/s1. The van der Waals surface area contributed by atoms with Crippen LogP contribution in [0.1, 0.15) is 38.5 Å². The molecule has 0 saturated heterocycles. The van der Waals surface area contributed by atoms with Crippen molar-refractivity contribution in [1.29, 1.82) is 0 Å². The Balaban J connectivity index is 2.47. The second kappa shape index (κ2) is 8.78. The van der Waals surface area contributed by atoms with Crippen molar-refractivity contribution in [3.8, 4) is 0 Å². The van der Waals surface area contributed by atoms with Gasteiger partial charge in [0, 0.05) is 27.2 Å². The van der Waals surface area contributed by atoms with E-state index >= 15 is 0 Å². The van der Waals surface area contributed by atoms with E-state index in [0.29, 0.717) is 19.1 Å². The maximum atomic E-state index is 11.5. The fraction of sp³-hybridized carbons (Fsp3) is 0.938. The number of nitrogens with zero attached hydrogens (tertiary/aromatic N) is 1. The maximum absolute atomic E-state index is 11.5. The Morgan fingerprint density at radius 2 is 1.90 bits per heavy atom. The van der Waals surface area contributed by atoms with Gasteiger partial charge in [-0.2, -0.15) is 0 Å². The SMILES string of the molecule is CN[C@@H](CC1CCCCC1)CN(CC[Si](C)(C)C)C(=O)O. The molecule has 1 atom stereocenters. The third-order valence-electron chi connectivity index (χ3n) is 4.59. The zero-order valence-electron chi connectivity index (χ0n) is 14.3. The third-order valence-corrected chi connectivity index (χ3v) is 6.32. The zero-order valence-corrected chi connectivity index (χ0v) is 15.3. The van der Waals surface area contributed by atoms with Gasteiger partial charge in [0.1, 0.15) is 0 Å². The summed E-state index contributed by atoms with van der Waals surface area (Å²) in [7, 11) is 0.769. The van der Waals surface area contributed by atoms with E-state index in [2.05, 4.69) is 25.0 Å². The van der Waals surface area contributed by atoms with Crippen LogP contribution in [0.25, 0.3) is 0 Å². The molecule has 1 amide bonds. The van der Waals surface area contributed by atoms with Crippen LogP contribution in [0, 0.1) is 5.92 Å². The predicted octanol–water partition coefficient (Wildman–Crippen LogP) is 3.86. The molecular weight excluding hydrogens is 280 g/mol. The zero-order chi connectivity index (χ0) is 15.9. The molecule has 4 nitrogen and oxygen atoms in total. The molecule has 1 saturated carbocycles. The van der Waals surface area contributed by atoms with E-state index in [-0.39, 0.29) is 0 Å². The number of hydrogen-bond donors (Lipinski definition) is 2. The molecule has 1 fully saturated rings. The lowest BCUT2D eigenvalue weighted by Gasteiger charge is -2.31. The van der Waals surface area contributed by atoms with Gasteiger partial charge in [0.2, 0.25) is 0 Å². The maximum Gasteiger partial charge on any atom is 0.407 e. The van der Waals surface area contributed by atoms with Crippen molar-refractivity contribution in [3.05, 3.63) is 0 Å². The Morgan fingerprint density at radius 1 is 1.29 bits per heavy atom. The number of rotatable bonds is 8. The number of nitrogens with one attached hydrogen (secondary N) is 1. The van der Waals surface area contributed by atoms with E-state index in [1.807, 2.05) is 7.05 Å². The summed E-state index contributed by atoms with van der Waals surface area (Å²) < 4.78 is 0. The molecule has 0 aromatic carbocycles. The Morgan fingerprint density at radius 3 is 2.38 bits per heavy atom. The van der Waals surface area contributed by atoms with Gasteiger partial charge in [0.15, 0.2) is 0 Å². The molecule has 1 rings (SSSR count). The lowest BCUT2D eigenvalue weighted by molar-refractivity contribution is 0.139. The Kier molecular flexibility index (Phi) is 7.74. The van der Waals surface area contributed by atoms with Crippen molar-refractivity contribution in [1.82, 2.24) is 10.2 Å². The Labute approximate surface area is 131 Å². The highest BCUT2D eigenvalue weighted by Gasteiger charge is 2.23. The van der Waals surface area contributed by atoms with Crippen molar-refractivity contribution in [2.24, 2.45) is 5.92 Å². The second-order valence-corrected chi connectivity index (χ2v) is 13.4. The molecule has 21 heavy (non-hydrogen) atoms. The smallest absolute Gasteiger partial charge is 0.407 e. The molecule has 0 bridgehead atoms. The van der Waals surface area contributed by atoms with E-state index in [0.717, 1.165) is 18.4 Å². The first-order chi connectivity index (χ1) is 9.81. The molecule has 5 heteroatoms. The fourth-order valence-electron chi connectivity index (χ4n) is 3.11. The topological polar surface area (TPSA) is 52.6 Å². The molecule has 124 valence electrons. The molecule has 1 aliphatic carbocycles. The number of carbonyl (C=O) groups is 1. The van der Waals surface area contributed by atoms with E-state index in [1.165, 1.54) is 32.1 Å². The van der Waals surface area contributed by atoms with Gasteiger partial charge in [-0.25, -0.2) is 4.79 Å². The van der Waals surface area contributed by atoms with Crippen LogP contribution in [0.5, 0.6) is 0 Å². The average Bonchev–Trinajstić information content (AvgIpc) is 2.41. The minimum absolute atomic E-state index is 0.297. The van der Waals surface area contributed by atoms with E-state index in [9.17, 15) is 9.90 Å². The highest BCUT2D eigenvalue weighted by atomic mass is 28.3. The first kappa shape index (κ1) is 18.5. The monoisotopic (exact) mass is 314 g/mol. The number of amides is 1. The summed E-state index contributed by atoms with van der Waals surface area (Å²) in [5.74, 6) is 0.781. The summed E-state index contributed by atoms with van der Waals surface area (Å²) in [6.45, 7) is 8.21. The van der Waals surface area contributed by atoms with Crippen LogP contribution in [-0.2, 0) is 0 Å². The van der Waals surface area contributed by atoms with Crippen LogP contribution >= 0.6 is 0 Å². The van der Waals surface area contributed by atoms with Crippen LogP contribution in [0.15, 0.2) is 0 Å². The van der Waals surface area contributed by atoms with E-state index in [4.69, 9.17) is 0 Å². The lowest BCUT2D eigenvalue weighted by Crippen LogP contribution is -2.44. The quantitative estimate of drug-likeness (QED) is 0.669. The molecule has 0 radical (unpaired) electrons. The summed E-state index contributed by atoms with van der Waals surface area (Å²) in [6.07, 6.45) is 7.06. The fourth-order valence-corrected chi connectivity index (χ4v) is 4.05. The molecule has 0 heterocycles. The minimum Gasteiger partial charge on any atom is -0.465 e. The van der Waals surface area contributed by atoms with Gasteiger partial charge in [-0.15, -0.1) is 0 Å². The number of likely N-dealkylation sites (N-methyl/N-ethyl adjacent to an activating group) is 1. The summed E-state index contributed by atoms with van der Waals surface area (Å²) in [5.41, 5.74) is 0. The first-order valence-corrected chi connectivity index (χ1v) is 12.2. The summed E-state index contributed by atoms with van der Waals surface area (Å²) in [4.78, 5) is 13.1. The van der Waals surface area contributed by atoms with Crippen molar-refractivity contribution in [3.63, 3.8) is 0 Å². The largest absolute Gasteiger partial charge is 0.465 e. The van der Waals surface area contributed by atoms with Crippen LogP contribution in [-0.4, -0.2) is 50.4 Å². The van der Waals surface area contributed by atoms with E-state index in [1.54, 1.807) is 4.90 Å². The van der Waals surface area contributed by atoms with Crippen LogP contribution < -0.4 is 5.32 Å². The van der Waals surface area contributed by atoms with Gasteiger partial charge in [0.25, 0.3) is 0 Å². The predicted molar refractivity (Wildman–Crippen MR) is 91.8 cm³/mol. The average molecular weight is 315 g/mol. The van der Waals surface area contributed by atoms with Crippen molar-refractivity contribution in [2.75, 3.05) is 20.1 Å². The summed E-state index contributed by atoms with van der Waals surface area (Å²) in [5, 5.41) is 12.8. The van der Waals surface area contributed by atoms with Gasteiger partial charge >= 0.3 is 6.09 Å². The van der Waals surface area contributed by atoms with Crippen LogP contribution in [0.4, 0.5) is 4.79 Å². The molecule has 0 aliphatic heterocycles. The van der Waals surface area contributed by atoms with Gasteiger partial charge < -0.3 is 15.3 Å². The third kappa shape index (κ3) is 7.86. The minimum atomic E-state index is -1.19. The van der Waals surface area contributed by atoms with Crippen molar-refractivity contribution in [2.45, 2.75) is 70.3 Å². The second-order valence-electron chi connectivity index (χ2n) is 7.76. The number of hydrogen-bond acceptors (Lipinski definition) is 2. The molecule has 1 aliphatic rings. The van der Waals surface area contributed by atoms with Crippen molar-refractivity contribution >= 4 is 14.2 Å². The van der Waals surface area contributed by atoms with Crippen LogP contribution in [0.2, 0.25) is 25.7 Å². The van der Waals surface area contributed by atoms with Crippen LogP contribution in [0.3, 0.4) is 0 Å². The Hall–Kier alpha value is -0.553. The highest BCUT2D eigenvalue weighted by Crippen LogP contribution is 2.27.